The summed E-state index contributed by atoms with van der Waals surface area (Å²) in [5.74, 6) is -1.04. The van der Waals surface area contributed by atoms with Crippen molar-refractivity contribution in [3.8, 4) is 0 Å². The zero-order valence-corrected chi connectivity index (χ0v) is 6.28. The molecule has 0 saturated carbocycles. The average Bonchev–Trinajstić information content (AvgIpc) is 2.04. The van der Waals surface area contributed by atoms with E-state index in [0.29, 0.717) is 11.1 Å². The van der Waals surface area contributed by atoms with E-state index < -0.39 is 11.8 Å². The van der Waals surface area contributed by atoms with Crippen molar-refractivity contribution in [1.29, 1.82) is 0 Å². The summed E-state index contributed by atoms with van der Waals surface area (Å²) < 4.78 is 0. The van der Waals surface area contributed by atoms with Crippen molar-refractivity contribution in [2.45, 2.75) is 0 Å². The highest BCUT2D eigenvalue weighted by Gasteiger charge is 2.02. The van der Waals surface area contributed by atoms with Gasteiger partial charge in [-0.3, -0.25) is 9.59 Å². The molecule has 4 N–H and O–H groups in total. The van der Waals surface area contributed by atoms with Gasteiger partial charge >= 0.3 is 1.43 Å². The Morgan fingerprint density at radius 1 is 0.917 bits per heavy atom. The van der Waals surface area contributed by atoms with E-state index in [9.17, 15) is 9.59 Å². The van der Waals surface area contributed by atoms with Crippen molar-refractivity contribution in [1.82, 2.24) is 0 Å². The monoisotopic (exact) mass is 165 g/mol. The summed E-state index contributed by atoms with van der Waals surface area (Å²) in [5, 5.41) is 0. The van der Waals surface area contributed by atoms with Crippen LogP contribution >= 0.6 is 0 Å². The normalized spacial score (nSPS) is 9.33. The Morgan fingerprint density at radius 2 is 1.17 bits per heavy atom. The van der Waals surface area contributed by atoms with Crippen molar-refractivity contribution in [2.75, 3.05) is 0 Å². The van der Waals surface area contributed by atoms with Gasteiger partial charge in [-0.25, -0.2) is 0 Å². The minimum atomic E-state index is -0.522. The third-order valence-electron chi connectivity index (χ3n) is 1.45. The first-order valence-electron chi connectivity index (χ1n) is 3.31. The minimum absolute atomic E-state index is 0. The fraction of sp³-hybridized carbons (Fsp3) is 0. The van der Waals surface area contributed by atoms with Crippen molar-refractivity contribution in [2.24, 2.45) is 11.5 Å². The number of amides is 2. The summed E-state index contributed by atoms with van der Waals surface area (Å²) in [6.07, 6.45) is 0. The summed E-state index contributed by atoms with van der Waals surface area (Å²) in [6, 6.07) is 5.84. The zero-order valence-electron chi connectivity index (χ0n) is 7.28. The van der Waals surface area contributed by atoms with Gasteiger partial charge < -0.3 is 11.5 Å². The minimum Gasteiger partial charge on any atom is -0.366 e. The molecule has 0 aliphatic rings. The first kappa shape index (κ1) is 8.26. The Balaban J connectivity index is 0.00000144. The van der Waals surface area contributed by atoms with Crippen LogP contribution in [0.2, 0.25) is 0 Å². The summed E-state index contributed by atoms with van der Waals surface area (Å²) in [6.45, 7) is 0. The molecule has 0 saturated heterocycles. The average molecular weight is 165 g/mol. The number of rotatable bonds is 2. The van der Waals surface area contributed by atoms with E-state index in [-0.39, 0.29) is 1.43 Å². The number of benzene rings is 1. The Labute approximate surface area is 70.6 Å². The third-order valence-corrected chi connectivity index (χ3v) is 1.45. The molecule has 0 spiro atoms. The molecule has 0 aliphatic heterocycles. The van der Waals surface area contributed by atoms with Gasteiger partial charge in [-0.05, 0) is 24.3 Å². The van der Waals surface area contributed by atoms with Crippen molar-refractivity contribution >= 4 is 11.8 Å². The van der Waals surface area contributed by atoms with Gasteiger partial charge in [-0.1, -0.05) is 0 Å². The topological polar surface area (TPSA) is 86.2 Å². The van der Waals surface area contributed by atoms with E-state index in [1.165, 1.54) is 24.3 Å². The molecule has 2 amide bonds. The molecule has 0 radical (unpaired) electrons. The molecule has 62 valence electrons. The van der Waals surface area contributed by atoms with E-state index >= 15 is 0 Å². The standard InChI is InChI=1S/C8H8N2O2/c9-7(11)5-1-2-6(4-3-5)8(10)12/h1-4H,(H2,9,11)(H2,10,12)/p+1. The summed E-state index contributed by atoms with van der Waals surface area (Å²) in [7, 11) is 0. The molecule has 0 aliphatic carbocycles. The molecule has 1 rings (SSSR count). The molecule has 0 atom stereocenters. The highest BCUT2D eigenvalue weighted by atomic mass is 16.1. The largest absolute Gasteiger partial charge is 1.00 e. The second-order valence-corrected chi connectivity index (χ2v) is 2.31. The van der Waals surface area contributed by atoms with Gasteiger partial charge in [-0.15, -0.1) is 0 Å². The maximum absolute atomic E-state index is 10.6. The van der Waals surface area contributed by atoms with Crippen LogP contribution in [0.1, 0.15) is 22.1 Å². The van der Waals surface area contributed by atoms with Crippen LogP contribution in [0.3, 0.4) is 0 Å². The molecular formula is C8H9N2O2+. The van der Waals surface area contributed by atoms with Gasteiger partial charge in [0.1, 0.15) is 0 Å². The molecule has 0 bridgehead atoms. The number of hydrogen-bond acceptors (Lipinski definition) is 2. The maximum atomic E-state index is 10.6. The fourth-order valence-electron chi connectivity index (χ4n) is 0.799. The second kappa shape index (κ2) is 3.04. The quantitative estimate of drug-likeness (QED) is 0.646. The van der Waals surface area contributed by atoms with Gasteiger partial charge in [-0.2, -0.15) is 0 Å². The first-order chi connectivity index (χ1) is 5.61. The summed E-state index contributed by atoms with van der Waals surface area (Å²) in [4.78, 5) is 21.2. The van der Waals surface area contributed by atoms with Crippen LogP contribution in [0.25, 0.3) is 0 Å². The molecule has 0 fully saturated rings. The number of carbonyl (C=O) groups is 2. The van der Waals surface area contributed by atoms with Crippen LogP contribution < -0.4 is 11.5 Å². The van der Waals surface area contributed by atoms with Crippen LogP contribution in [-0.4, -0.2) is 11.8 Å². The van der Waals surface area contributed by atoms with E-state index in [2.05, 4.69) is 0 Å². The Bertz CT molecular complexity index is 288. The van der Waals surface area contributed by atoms with Gasteiger partial charge in [0, 0.05) is 11.1 Å². The van der Waals surface area contributed by atoms with Crippen molar-refractivity contribution in [3.63, 3.8) is 0 Å². The van der Waals surface area contributed by atoms with Gasteiger partial charge in [0.05, 0.1) is 0 Å². The molecule has 4 nitrogen and oxygen atoms in total. The Morgan fingerprint density at radius 3 is 1.33 bits per heavy atom. The summed E-state index contributed by atoms with van der Waals surface area (Å²) >= 11 is 0. The molecular weight excluding hydrogens is 156 g/mol. The highest BCUT2D eigenvalue weighted by Crippen LogP contribution is 2.02. The lowest BCUT2D eigenvalue weighted by molar-refractivity contribution is 0.0988. The van der Waals surface area contributed by atoms with Crippen molar-refractivity contribution in [3.05, 3.63) is 35.4 Å². The highest BCUT2D eigenvalue weighted by molar-refractivity contribution is 5.96. The molecule has 1 aromatic rings. The number of hydrogen-bond donors (Lipinski definition) is 2. The van der Waals surface area contributed by atoms with E-state index in [1.54, 1.807) is 0 Å². The molecule has 0 aromatic heterocycles. The van der Waals surface area contributed by atoms with Crippen LogP contribution in [0.4, 0.5) is 0 Å². The molecule has 4 heteroatoms. The van der Waals surface area contributed by atoms with Crippen LogP contribution in [0.5, 0.6) is 0 Å². The number of primary amides is 2. The zero-order chi connectivity index (χ0) is 9.14. The van der Waals surface area contributed by atoms with Gasteiger partial charge in [0.15, 0.2) is 0 Å². The first-order valence-corrected chi connectivity index (χ1v) is 3.31. The summed E-state index contributed by atoms with van der Waals surface area (Å²) in [5.41, 5.74) is 10.7. The lowest BCUT2D eigenvalue weighted by Gasteiger charge is -1.96. The number of carbonyl (C=O) groups excluding carboxylic acids is 2. The maximum Gasteiger partial charge on any atom is 1.00 e. The van der Waals surface area contributed by atoms with Gasteiger partial charge in [0.25, 0.3) is 0 Å². The van der Waals surface area contributed by atoms with Crippen LogP contribution in [0.15, 0.2) is 24.3 Å². The third kappa shape index (κ3) is 1.60. The van der Waals surface area contributed by atoms with Crippen LogP contribution in [0, 0.1) is 0 Å². The SMILES string of the molecule is NC(=O)c1ccc(C(N)=O)cc1.[H+]. The van der Waals surface area contributed by atoms with Crippen molar-refractivity contribution < 1.29 is 11.0 Å². The molecule has 0 unspecified atom stereocenters. The lowest BCUT2D eigenvalue weighted by Crippen LogP contribution is -2.13. The number of nitrogens with two attached hydrogens (primary N) is 2. The Hall–Kier alpha value is -1.84. The fourth-order valence-corrected chi connectivity index (χ4v) is 0.799. The van der Waals surface area contributed by atoms with E-state index in [4.69, 9.17) is 11.5 Å². The van der Waals surface area contributed by atoms with E-state index in [0.717, 1.165) is 0 Å². The Kier molecular flexibility index (Phi) is 2.09. The van der Waals surface area contributed by atoms with Crippen LogP contribution in [-0.2, 0) is 0 Å². The molecule has 12 heavy (non-hydrogen) atoms. The lowest BCUT2D eigenvalue weighted by atomic mass is 10.1. The second-order valence-electron chi connectivity index (χ2n) is 2.31. The predicted octanol–water partition coefficient (Wildman–Crippen LogP) is -0.00310. The van der Waals surface area contributed by atoms with Gasteiger partial charge in [0.2, 0.25) is 11.8 Å². The smallest absolute Gasteiger partial charge is 0.366 e. The molecule has 1 aromatic carbocycles. The predicted molar refractivity (Wildman–Crippen MR) is 44.6 cm³/mol. The van der Waals surface area contributed by atoms with E-state index in [1.807, 2.05) is 0 Å². The molecule has 0 heterocycles.